The third kappa shape index (κ3) is 2.94. The van der Waals surface area contributed by atoms with Gasteiger partial charge in [0.05, 0.1) is 5.41 Å². The van der Waals surface area contributed by atoms with Gasteiger partial charge in [-0.15, -0.1) is 0 Å². The Morgan fingerprint density at radius 3 is 2.22 bits per heavy atom. The molecule has 2 aliphatic rings. The van der Waals surface area contributed by atoms with Crippen molar-refractivity contribution >= 4 is 12.0 Å². The molecule has 0 saturated heterocycles. The zero-order valence-electron chi connectivity index (χ0n) is 10.9. The van der Waals surface area contributed by atoms with Crippen LogP contribution >= 0.6 is 0 Å². The lowest BCUT2D eigenvalue weighted by Crippen LogP contribution is -2.52. The monoisotopic (exact) mass is 254 g/mol. The molecule has 0 heterocycles. The number of urea groups is 1. The first kappa shape index (κ1) is 13.2. The maximum absolute atomic E-state index is 11.8. The maximum atomic E-state index is 11.8. The Morgan fingerprint density at radius 1 is 1.11 bits per heavy atom. The van der Waals surface area contributed by atoms with Crippen LogP contribution in [0.4, 0.5) is 4.79 Å². The predicted octanol–water partition coefficient (Wildman–Crippen LogP) is 1.87. The number of hydrogen-bond donors (Lipinski definition) is 3. The fraction of sp³-hybridized carbons (Fsp3) is 0.846. The van der Waals surface area contributed by atoms with Gasteiger partial charge in [0.25, 0.3) is 0 Å². The van der Waals surface area contributed by atoms with Gasteiger partial charge in [0, 0.05) is 12.1 Å². The predicted molar refractivity (Wildman–Crippen MR) is 67.3 cm³/mol. The number of carboxylic acids is 1. The number of rotatable bonds is 4. The lowest BCUT2D eigenvalue weighted by atomic mass is 9.83. The second-order valence-electron chi connectivity index (χ2n) is 6.01. The van der Waals surface area contributed by atoms with Crippen molar-refractivity contribution in [3.8, 4) is 0 Å². The third-order valence-corrected chi connectivity index (χ3v) is 4.27. The van der Waals surface area contributed by atoms with Crippen molar-refractivity contribution in [3.05, 3.63) is 0 Å². The van der Waals surface area contributed by atoms with Gasteiger partial charge >= 0.3 is 12.0 Å². The molecule has 3 N–H and O–H groups in total. The highest BCUT2D eigenvalue weighted by atomic mass is 16.4. The molecular formula is C13H22N2O3. The minimum absolute atomic E-state index is 0.123. The van der Waals surface area contributed by atoms with Gasteiger partial charge in [0.1, 0.15) is 0 Å². The summed E-state index contributed by atoms with van der Waals surface area (Å²) in [5.74, 6) is -0.799. The number of carboxylic acid groups (broad SMARTS) is 1. The van der Waals surface area contributed by atoms with E-state index in [-0.39, 0.29) is 18.1 Å². The standard InChI is InChI=1S/C13H22N2O3/c1-12(5-3-2-4-6-12)15-11(18)14-9-13(7-8-13)10(16)17/h2-9H2,1H3,(H,16,17)(H2,14,15,18). The topological polar surface area (TPSA) is 78.4 Å². The van der Waals surface area contributed by atoms with E-state index >= 15 is 0 Å². The molecule has 2 fully saturated rings. The molecule has 0 aromatic rings. The van der Waals surface area contributed by atoms with Crippen molar-refractivity contribution in [1.29, 1.82) is 0 Å². The van der Waals surface area contributed by atoms with Crippen LogP contribution in [0.15, 0.2) is 0 Å². The Bertz CT molecular complexity index is 344. The van der Waals surface area contributed by atoms with E-state index in [0.717, 1.165) is 25.7 Å². The Hall–Kier alpha value is -1.26. The van der Waals surface area contributed by atoms with Gasteiger partial charge in [-0.25, -0.2) is 4.79 Å². The molecule has 5 heteroatoms. The number of carbonyl (C=O) groups excluding carboxylic acids is 1. The van der Waals surface area contributed by atoms with Crippen molar-refractivity contribution in [2.75, 3.05) is 6.54 Å². The van der Waals surface area contributed by atoms with E-state index in [2.05, 4.69) is 17.6 Å². The van der Waals surface area contributed by atoms with Gasteiger partial charge in [0.2, 0.25) is 0 Å². The molecule has 0 bridgehead atoms. The van der Waals surface area contributed by atoms with Crippen molar-refractivity contribution in [3.63, 3.8) is 0 Å². The van der Waals surface area contributed by atoms with E-state index in [1.54, 1.807) is 0 Å². The second-order valence-corrected chi connectivity index (χ2v) is 6.01. The molecule has 0 radical (unpaired) electrons. The van der Waals surface area contributed by atoms with Crippen LogP contribution in [0.3, 0.4) is 0 Å². The second kappa shape index (κ2) is 4.78. The first-order valence-electron chi connectivity index (χ1n) is 6.75. The maximum Gasteiger partial charge on any atom is 0.315 e. The summed E-state index contributed by atoms with van der Waals surface area (Å²) < 4.78 is 0. The Balaban J connectivity index is 1.77. The fourth-order valence-corrected chi connectivity index (χ4v) is 2.64. The molecule has 0 aromatic carbocycles. The van der Waals surface area contributed by atoms with Crippen LogP contribution in [0.25, 0.3) is 0 Å². The van der Waals surface area contributed by atoms with Crippen molar-refractivity contribution in [2.45, 2.75) is 57.4 Å². The van der Waals surface area contributed by atoms with E-state index in [0.29, 0.717) is 12.8 Å². The molecule has 0 atom stereocenters. The molecule has 2 aliphatic carbocycles. The van der Waals surface area contributed by atoms with E-state index in [9.17, 15) is 9.59 Å². The summed E-state index contributed by atoms with van der Waals surface area (Å²) in [4.78, 5) is 22.8. The summed E-state index contributed by atoms with van der Waals surface area (Å²) in [5.41, 5.74) is -0.812. The quantitative estimate of drug-likeness (QED) is 0.716. The molecule has 0 aromatic heterocycles. The van der Waals surface area contributed by atoms with E-state index in [4.69, 9.17) is 5.11 Å². The molecule has 102 valence electrons. The average molecular weight is 254 g/mol. The van der Waals surface area contributed by atoms with E-state index in [1.165, 1.54) is 6.42 Å². The van der Waals surface area contributed by atoms with Gasteiger partial charge in [-0.3, -0.25) is 4.79 Å². The number of amides is 2. The van der Waals surface area contributed by atoms with E-state index < -0.39 is 11.4 Å². The molecule has 0 aliphatic heterocycles. The molecule has 0 spiro atoms. The first-order valence-corrected chi connectivity index (χ1v) is 6.75. The van der Waals surface area contributed by atoms with Gasteiger partial charge < -0.3 is 15.7 Å². The average Bonchev–Trinajstić information content (AvgIpc) is 3.08. The zero-order chi connectivity index (χ0) is 13.2. The van der Waals surface area contributed by atoms with Gasteiger partial charge in [-0.2, -0.15) is 0 Å². The van der Waals surface area contributed by atoms with Gasteiger partial charge in [-0.1, -0.05) is 19.3 Å². The Labute approximate surface area is 107 Å². The van der Waals surface area contributed by atoms with Gasteiger partial charge in [0.15, 0.2) is 0 Å². The fourth-order valence-electron chi connectivity index (χ4n) is 2.64. The van der Waals surface area contributed by atoms with Gasteiger partial charge in [-0.05, 0) is 32.6 Å². The summed E-state index contributed by atoms with van der Waals surface area (Å²) in [6.45, 7) is 2.31. The summed E-state index contributed by atoms with van der Waals surface area (Å²) in [6, 6.07) is -0.230. The summed E-state index contributed by atoms with van der Waals surface area (Å²) in [7, 11) is 0. The molecule has 18 heavy (non-hydrogen) atoms. The largest absolute Gasteiger partial charge is 0.481 e. The highest BCUT2D eigenvalue weighted by Crippen LogP contribution is 2.45. The van der Waals surface area contributed by atoms with Crippen LogP contribution in [0, 0.1) is 5.41 Å². The van der Waals surface area contributed by atoms with Crippen LogP contribution < -0.4 is 10.6 Å². The highest BCUT2D eigenvalue weighted by molar-refractivity contribution is 5.80. The SMILES string of the molecule is CC1(NC(=O)NCC2(C(=O)O)CC2)CCCCC1. The van der Waals surface area contributed by atoms with Crippen LogP contribution in [-0.4, -0.2) is 29.2 Å². The lowest BCUT2D eigenvalue weighted by molar-refractivity contribution is -0.143. The minimum Gasteiger partial charge on any atom is -0.481 e. The number of aliphatic carboxylic acids is 1. The molecule has 0 unspecified atom stereocenters. The molecule has 2 saturated carbocycles. The highest BCUT2D eigenvalue weighted by Gasteiger charge is 2.50. The van der Waals surface area contributed by atoms with Crippen molar-refractivity contribution in [1.82, 2.24) is 10.6 Å². The van der Waals surface area contributed by atoms with Crippen LogP contribution in [0.5, 0.6) is 0 Å². The molecule has 2 amide bonds. The van der Waals surface area contributed by atoms with Crippen LogP contribution in [-0.2, 0) is 4.79 Å². The molecular weight excluding hydrogens is 232 g/mol. The summed E-state index contributed by atoms with van der Waals surface area (Å²) >= 11 is 0. The number of nitrogens with one attached hydrogen (secondary N) is 2. The molecule has 2 rings (SSSR count). The first-order chi connectivity index (χ1) is 8.46. The minimum atomic E-state index is -0.799. The normalized spacial score (nSPS) is 24.1. The Kier molecular flexibility index (Phi) is 3.50. The Morgan fingerprint density at radius 2 is 1.72 bits per heavy atom. The van der Waals surface area contributed by atoms with Crippen molar-refractivity contribution < 1.29 is 14.7 Å². The van der Waals surface area contributed by atoms with Crippen LogP contribution in [0.1, 0.15) is 51.9 Å². The smallest absolute Gasteiger partial charge is 0.315 e. The lowest BCUT2D eigenvalue weighted by Gasteiger charge is -2.34. The number of hydrogen-bond acceptors (Lipinski definition) is 2. The summed E-state index contributed by atoms with van der Waals surface area (Å²) in [6.07, 6.45) is 6.88. The van der Waals surface area contributed by atoms with Crippen molar-refractivity contribution in [2.24, 2.45) is 5.41 Å². The number of carbonyl (C=O) groups is 2. The van der Waals surface area contributed by atoms with E-state index in [1.807, 2.05) is 0 Å². The zero-order valence-corrected chi connectivity index (χ0v) is 10.9. The molecule has 5 nitrogen and oxygen atoms in total. The third-order valence-electron chi connectivity index (χ3n) is 4.27. The van der Waals surface area contributed by atoms with Crippen LogP contribution in [0.2, 0.25) is 0 Å². The summed E-state index contributed by atoms with van der Waals surface area (Å²) in [5, 5.41) is 14.7.